The third-order valence-electron chi connectivity index (χ3n) is 5.71. The summed E-state index contributed by atoms with van der Waals surface area (Å²) in [6.45, 7) is 9.13. The molecule has 2 aromatic carbocycles. The van der Waals surface area contributed by atoms with Gasteiger partial charge < -0.3 is 0 Å². The molecule has 3 heteroatoms. The Hall–Kier alpha value is -1.64. The summed E-state index contributed by atoms with van der Waals surface area (Å²) in [5, 5.41) is 0. The van der Waals surface area contributed by atoms with Gasteiger partial charge >= 0.3 is 0 Å². The standard InChI is InChI=1S/C24H31NO.ClH/c1-4-16-25(17-5-2)22-15-14-19-12-9-13-21(23(19)18(22)3)24(26)20-10-7-6-8-11-20;/h6-13,18,22H,4-5,14-17H2,1-3H3;1H/t18-,22-;/m1./s1. The highest BCUT2D eigenvalue weighted by Gasteiger charge is 2.33. The molecule has 0 unspecified atom stereocenters. The molecule has 1 aliphatic rings. The van der Waals surface area contributed by atoms with Crippen molar-refractivity contribution in [3.05, 3.63) is 70.8 Å². The predicted octanol–water partition coefficient (Wildman–Crippen LogP) is 5.88. The highest BCUT2D eigenvalue weighted by Crippen LogP contribution is 2.37. The van der Waals surface area contributed by atoms with E-state index in [1.807, 2.05) is 36.4 Å². The minimum absolute atomic E-state index is 0. The van der Waals surface area contributed by atoms with Crippen LogP contribution in [0, 0.1) is 0 Å². The summed E-state index contributed by atoms with van der Waals surface area (Å²) in [5.74, 6) is 0.549. The van der Waals surface area contributed by atoms with Gasteiger partial charge in [-0.15, -0.1) is 12.4 Å². The molecule has 0 heterocycles. The van der Waals surface area contributed by atoms with Crippen molar-refractivity contribution in [1.82, 2.24) is 4.90 Å². The maximum Gasteiger partial charge on any atom is 0.193 e. The highest BCUT2D eigenvalue weighted by atomic mass is 35.5. The van der Waals surface area contributed by atoms with E-state index >= 15 is 0 Å². The summed E-state index contributed by atoms with van der Waals surface area (Å²) < 4.78 is 0. The zero-order chi connectivity index (χ0) is 18.5. The minimum atomic E-state index is 0. The quantitative estimate of drug-likeness (QED) is 0.554. The van der Waals surface area contributed by atoms with E-state index < -0.39 is 0 Å². The van der Waals surface area contributed by atoms with Crippen molar-refractivity contribution in [2.75, 3.05) is 13.1 Å². The summed E-state index contributed by atoms with van der Waals surface area (Å²) in [7, 11) is 0. The van der Waals surface area contributed by atoms with Gasteiger partial charge in [0, 0.05) is 17.2 Å². The van der Waals surface area contributed by atoms with Crippen LogP contribution >= 0.6 is 12.4 Å². The first-order chi connectivity index (χ1) is 12.7. The predicted molar refractivity (Wildman–Crippen MR) is 116 cm³/mol. The first-order valence-electron chi connectivity index (χ1n) is 10.1. The molecule has 1 aliphatic carbocycles. The van der Waals surface area contributed by atoms with E-state index in [4.69, 9.17) is 0 Å². The average Bonchev–Trinajstić information content (AvgIpc) is 2.68. The summed E-state index contributed by atoms with van der Waals surface area (Å²) >= 11 is 0. The lowest BCUT2D eigenvalue weighted by molar-refractivity contribution is 0.103. The van der Waals surface area contributed by atoms with E-state index in [2.05, 4.69) is 37.8 Å². The normalized spacial score (nSPS) is 18.7. The van der Waals surface area contributed by atoms with Crippen LogP contribution in [0.3, 0.4) is 0 Å². The van der Waals surface area contributed by atoms with Crippen LogP contribution in [0.15, 0.2) is 48.5 Å². The summed E-state index contributed by atoms with van der Waals surface area (Å²) in [6.07, 6.45) is 4.63. The Labute approximate surface area is 170 Å². The van der Waals surface area contributed by atoms with Crippen molar-refractivity contribution in [3.8, 4) is 0 Å². The number of carbonyl (C=O) groups excluding carboxylic acids is 1. The molecule has 27 heavy (non-hydrogen) atoms. The Bertz CT molecular complexity index is 737. The number of benzene rings is 2. The fourth-order valence-electron chi connectivity index (χ4n) is 4.57. The van der Waals surface area contributed by atoms with Crippen LogP contribution < -0.4 is 0 Å². The molecule has 0 amide bonds. The minimum Gasteiger partial charge on any atom is -0.300 e. The molecular weight excluding hydrogens is 354 g/mol. The second-order valence-electron chi connectivity index (χ2n) is 7.50. The van der Waals surface area contributed by atoms with Gasteiger partial charge in [0.25, 0.3) is 0 Å². The second kappa shape index (κ2) is 10.1. The van der Waals surface area contributed by atoms with Gasteiger partial charge in [0.2, 0.25) is 0 Å². The molecule has 0 aromatic heterocycles. The number of ketones is 1. The monoisotopic (exact) mass is 385 g/mol. The fraction of sp³-hybridized carbons (Fsp3) is 0.458. The molecule has 0 saturated heterocycles. The number of rotatable bonds is 7. The van der Waals surface area contributed by atoms with E-state index in [0.717, 1.165) is 30.6 Å². The van der Waals surface area contributed by atoms with E-state index in [0.29, 0.717) is 12.0 Å². The van der Waals surface area contributed by atoms with Crippen molar-refractivity contribution >= 4 is 18.2 Å². The number of hydrogen-bond acceptors (Lipinski definition) is 2. The summed E-state index contributed by atoms with van der Waals surface area (Å²) in [4.78, 5) is 15.8. The van der Waals surface area contributed by atoms with Crippen molar-refractivity contribution in [2.45, 2.75) is 58.4 Å². The molecule has 2 aromatic rings. The molecule has 0 N–H and O–H groups in total. The molecule has 0 fully saturated rings. The Morgan fingerprint density at radius 2 is 1.67 bits per heavy atom. The Balaban J connectivity index is 0.00000261. The third-order valence-corrected chi connectivity index (χ3v) is 5.71. The highest BCUT2D eigenvalue weighted by molar-refractivity contribution is 6.10. The van der Waals surface area contributed by atoms with E-state index in [-0.39, 0.29) is 18.2 Å². The Morgan fingerprint density at radius 3 is 2.30 bits per heavy atom. The van der Waals surface area contributed by atoms with Crippen LogP contribution in [-0.2, 0) is 6.42 Å². The van der Waals surface area contributed by atoms with Gasteiger partial charge in [-0.25, -0.2) is 0 Å². The van der Waals surface area contributed by atoms with Crippen molar-refractivity contribution < 1.29 is 4.79 Å². The number of nitrogens with zero attached hydrogens (tertiary/aromatic N) is 1. The zero-order valence-corrected chi connectivity index (χ0v) is 17.6. The van der Waals surface area contributed by atoms with Crippen LogP contribution in [0.5, 0.6) is 0 Å². The van der Waals surface area contributed by atoms with Crippen molar-refractivity contribution in [3.63, 3.8) is 0 Å². The molecule has 0 saturated carbocycles. The SMILES string of the molecule is CCCN(CCC)[C@@H]1CCc2cccc(C(=O)c3ccccc3)c2[C@@H]1C.Cl. The summed E-state index contributed by atoms with van der Waals surface area (Å²) in [5.41, 5.74) is 4.34. The lowest BCUT2D eigenvalue weighted by atomic mass is 9.76. The largest absolute Gasteiger partial charge is 0.300 e. The molecule has 3 rings (SSSR count). The van der Waals surface area contributed by atoms with Gasteiger partial charge in [-0.2, -0.15) is 0 Å². The zero-order valence-electron chi connectivity index (χ0n) is 16.8. The van der Waals surface area contributed by atoms with Crippen LogP contribution in [-0.4, -0.2) is 29.8 Å². The lowest BCUT2D eigenvalue weighted by Crippen LogP contribution is -2.42. The first kappa shape index (κ1) is 21.7. The molecule has 0 spiro atoms. The molecular formula is C24H32ClNO. The molecule has 146 valence electrons. The fourth-order valence-corrected chi connectivity index (χ4v) is 4.57. The van der Waals surface area contributed by atoms with Crippen LogP contribution in [0.1, 0.15) is 73.0 Å². The van der Waals surface area contributed by atoms with Gasteiger partial charge in [-0.1, -0.05) is 69.3 Å². The number of hydrogen-bond donors (Lipinski definition) is 0. The maximum absolute atomic E-state index is 13.2. The van der Waals surface area contributed by atoms with Gasteiger partial charge in [0.15, 0.2) is 5.78 Å². The van der Waals surface area contributed by atoms with Gasteiger partial charge in [-0.05, 0) is 55.8 Å². The van der Waals surface area contributed by atoms with E-state index in [9.17, 15) is 4.79 Å². The number of carbonyl (C=O) groups is 1. The van der Waals surface area contributed by atoms with Crippen LogP contribution in [0.25, 0.3) is 0 Å². The number of aryl methyl sites for hydroxylation is 1. The number of fused-ring (bicyclic) bond motifs is 1. The second-order valence-corrected chi connectivity index (χ2v) is 7.50. The van der Waals surface area contributed by atoms with Crippen molar-refractivity contribution in [2.24, 2.45) is 0 Å². The smallest absolute Gasteiger partial charge is 0.193 e. The molecule has 0 bridgehead atoms. The third kappa shape index (κ3) is 4.62. The van der Waals surface area contributed by atoms with Gasteiger partial charge in [-0.3, -0.25) is 9.69 Å². The Morgan fingerprint density at radius 1 is 1.00 bits per heavy atom. The molecule has 0 radical (unpaired) electrons. The first-order valence-corrected chi connectivity index (χ1v) is 10.1. The van der Waals surface area contributed by atoms with E-state index in [1.54, 1.807) is 0 Å². The van der Waals surface area contributed by atoms with Crippen LogP contribution in [0.2, 0.25) is 0 Å². The van der Waals surface area contributed by atoms with Crippen molar-refractivity contribution in [1.29, 1.82) is 0 Å². The average molecular weight is 386 g/mol. The van der Waals surface area contributed by atoms with Gasteiger partial charge in [0.05, 0.1) is 0 Å². The topological polar surface area (TPSA) is 20.3 Å². The molecule has 2 atom stereocenters. The molecule has 2 nitrogen and oxygen atoms in total. The molecule has 0 aliphatic heterocycles. The van der Waals surface area contributed by atoms with E-state index in [1.165, 1.54) is 30.4 Å². The Kier molecular flexibility index (Phi) is 8.07. The maximum atomic E-state index is 13.2. The lowest BCUT2D eigenvalue weighted by Gasteiger charge is -2.40. The van der Waals surface area contributed by atoms with Gasteiger partial charge in [0.1, 0.15) is 0 Å². The van der Waals surface area contributed by atoms with Crippen LogP contribution in [0.4, 0.5) is 0 Å². The summed E-state index contributed by atoms with van der Waals surface area (Å²) in [6, 6.07) is 16.5. The number of halogens is 1.